The number of benzene rings is 1. The van der Waals surface area contributed by atoms with Gasteiger partial charge in [0.1, 0.15) is 11.6 Å². The quantitative estimate of drug-likeness (QED) is 0.724. The zero-order chi connectivity index (χ0) is 18.3. The van der Waals surface area contributed by atoms with E-state index in [2.05, 4.69) is 10.2 Å². The molecule has 1 aliphatic rings. The number of sulfonamides is 1. The maximum Gasteiger partial charge on any atom is 0.295 e. The fourth-order valence-electron chi connectivity index (χ4n) is 2.50. The summed E-state index contributed by atoms with van der Waals surface area (Å²) in [6.07, 6.45) is 3.07. The lowest BCUT2D eigenvalue weighted by Crippen LogP contribution is -2.13. The first-order chi connectivity index (χ1) is 12.4. The molecule has 1 aromatic carbocycles. The minimum atomic E-state index is -4.21. The first kappa shape index (κ1) is 16.7. The van der Waals surface area contributed by atoms with Crippen LogP contribution in [0, 0.1) is 11.6 Å². The molecule has 0 amide bonds. The van der Waals surface area contributed by atoms with E-state index in [0.717, 1.165) is 31.4 Å². The van der Waals surface area contributed by atoms with Crippen LogP contribution in [0.1, 0.15) is 31.1 Å². The zero-order valence-electron chi connectivity index (χ0n) is 13.3. The maximum absolute atomic E-state index is 13.7. The van der Waals surface area contributed by atoms with Crippen LogP contribution in [-0.4, -0.2) is 18.6 Å². The number of aromatic nitrogens is 2. The summed E-state index contributed by atoms with van der Waals surface area (Å²) in [4.78, 5) is 0. The maximum atomic E-state index is 13.7. The Morgan fingerprint density at radius 3 is 2.58 bits per heavy atom. The van der Waals surface area contributed by atoms with E-state index in [9.17, 15) is 17.2 Å². The molecular formula is C16H13F2N3O4S. The minimum Gasteiger partial charge on any atom is -0.438 e. The lowest BCUT2D eigenvalue weighted by Gasteiger charge is -2.20. The average molecular weight is 381 g/mol. The molecule has 136 valence electrons. The first-order valence-corrected chi connectivity index (χ1v) is 9.32. The van der Waals surface area contributed by atoms with Crippen molar-refractivity contribution in [3.8, 4) is 11.7 Å². The Kier molecular flexibility index (Phi) is 3.98. The van der Waals surface area contributed by atoms with Crippen molar-refractivity contribution in [1.82, 2.24) is 10.2 Å². The lowest BCUT2D eigenvalue weighted by molar-refractivity contribution is 0.334. The zero-order valence-corrected chi connectivity index (χ0v) is 14.1. The largest absolute Gasteiger partial charge is 0.438 e. The molecule has 0 radical (unpaired) electrons. The van der Waals surface area contributed by atoms with Gasteiger partial charge < -0.3 is 8.83 Å². The summed E-state index contributed by atoms with van der Waals surface area (Å²) in [7, 11) is -4.21. The van der Waals surface area contributed by atoms with Crippen molar-refractivity contribution in [2.45, 2.75) is 30.3 Å². The molecule has 4 rings (SSSR count). The Morgan fingerprint density at radius 2 is 1.88 bits per heavy atom. The summed E-state index contributed by atoms with van der Waals surface area (Å²) in [6, 6.07) is 5.05. The van der Waals surface area contributed by atoms with Crippen molar-refractivity contribution in [3.63, 3.8) is 0 Å². The second kappa shape index (κ2) is 6.20. The van der Waals surface area contributed by atoms with Crippen LogP contribution in [-0.2, 0) is 10.0 Å². The monoisotopic (exact) mass is 381 g/mol. The van der Waals surface area contributed by atoms with E-state index < -0.39 is 32.4 Å². The van der Waals surface area contributed by atoms with Crippen molar-refractivity contribution in [3.05, 3.63) is 47.9 Å². The lowest BCUT2D eigenvalue weighted by atomic mass is 9.85. The molecule has 0 spiro atoms. The molecule has 0 saturated heterocycles. The van der Waals surface area contributed by atoms with Crippen molar-refractivity contribution in [1.29, 1.82) is 0 Å². The van der Waals surface area contributed by atoms with E-state index >= 15 is 0 Å². The van der Waals surface area contributed by atoms with E-state index in [1.807, 2.05) is 4.72 Å². The Labute approximate surface area is 147 Å². The van der Waals surface area contributed by atoms with E-state index in [4.69, 9.17) is 8.83 Å². The fraction of sp³-hybridized carbons (Fsp3) is 0.250. The summed E-state index contributed by atoms with van der Waals surface area (Å²) in [5.41, 5.74) is -0.394. The third kappa shape index (κ3) is 3.07. The molecule has 1 N–H and O–H groups in total. The molecule has 1 aliphatic carbocycles. The van der Waals surface area contributed by atoms with E-state index in [1.54, 1.807) is 0 Å². The van der Waals surface area contributed by atoms with E-state index in [1.165, 1.54) is 12.1 Å². The van der Waals surface area contributed by atoms with Crippen LogP contribution in [0.15, 0.2) is 44.3 Å². The second-order valence-electron chi connectivity index (χ2n) is 5.92. The van der Waals surface area contributed by atoms with Crippen LogP contribution >= 0.6 is 0 Å². The van der Waals surface area contributed by atoms with Crippen LogP contribution in [0.5, 0.6) is 0 Å². The van der Waals surface area contributed by atoms with Gasteiger partial charge in [-0.3, -0.25) is 4.72 Å². The molecule has 2 aromatic heterocycles. The van der Waals surface area contributed by atoms with Crippen LogP contribution < -0.4 is 4.72 Å². The Balaban J connectivity index is 1.57. The minimum absolute atomic E-state index is 0.0707. The molecule has 7 nitrogen and oxygen atoms in total. The van der Waals surface area contributed by atoms with Crippen molar-refractivity contribution >= 4 is 15.7 Å². The van der Waals surface area contributed by atoms with Gasteiger partial charge in [0.05, 0.1) is 5.69 Å². The molecule has 0 atom stereocenters. The third-order valence-corrected chi connectivity index (χ3v) is 5.37. The van der Waals surface area contributed by atoms with Crippen LogP contribution in [0.25, 0.3) is 11.7 Å². The molecule has 26 heavy (non-hydrogen) atoms. The normalized spacial score (nSPS) is 15.0. The van der Waals surface area contributed by atoms with Crippen LogP contribution in [0.4, 0.5) is 14.5 Å². The van der Waals surface area contributed by atoms with E-state index in [-0.39, 0.29) is 17.6 Å². The van der Waals surface area contributed by atoms with Crippen molar-refractivity contribution in [2.24, 2.45) is 0 Å². The molecule has 3 aromatic rings. The van der Waals surface area contributed by atoms with Gasteiger partial charge in [0.25, 0.3) is 15.9 Å². The Hall–Kier alpha value is -2.75. The number of furan rings is 1. The van der Waals surface area contributed by atoms with E-state index in [0.29, 0.717) is 12.0 Å². The SMILES string of the molecule is O=S(=O)(Nc1ccc(F)cc1F)c1ccc(-c2nnc(C3CCC3)o2)o1. The molecular weight excluding hydrogens is 368 g/mol. The number of nitrogens with one attached hydrogen (secondary N) is 1. The Bertz CT molecular complexity index is 1060. The number of hydrogen-bond acceptors (Lipinski definition) is 6. The van der Waals surface area contributed by atoms with Crippen LogP contribution in [0.2, 0.25) is 0 Å². The highest BCUT2D eigenvalue weighted by Gasteiger charge is 2.27. The molecule has 1 fully saturated rings. The highest BCUT2D eigenvalue weighted by atomic mass is 32.2. The van der Waals surface area contributed by atoms with Crippen LogP contribution in [0.3, 0.4) is 0 Å². The van der Waals surface area contributed by atoms with Gasteiger partial charge >= 0.3 is 0 Å². The predicted molar refractivity (Wildman–Crippen MR) is 85.8 cm³/mol. The smallest absolute Gasteiger partial charge is 0.295 e. The van der Waals surface area contributed by atoms with Gasteiger partial charge in [-0.15, -0.1) is 10.2 Å². The summed E-state index contributed by atoms with van der Waals surface area (Å²) in [6.45, 7) is 0. The highest BCUT2D eigenvalue weighted by Crippen LogP contribution is 2.36. The molecule has 10 heteroatoms. The highest BCUT2D eigenvalue weighted by molar-refractivity contribution is 7.92. The summed E-state index contributed by atoms with van der Waals surface area (Å²) in [5, 5.41) is 7.35. The Morgan fingerprint density at radius 1 is 1.08 bits per heavy atom. The van der Waals surface area contributed by atoms with Gasteiger partial charge in [0.2, 0.25) is 11.0 Å². The molecule has 0 bridgehead atoms. The third-order valence-electron chi connectivity index (χ3n) is 4.13. The predicted octanol–water partition coefficient (Wildman–Crippen LogP) is 3.68. The van der Waals surface area contributed by atoms with Gasteiger partial charge in [-0.2, -0.15) is 8.42 Å². The summed E-state index contributed by atoms with van der Waals surface area (Å²) < 4.78 is 64.0. The van der Waals surface area contributed by atoms with Gasteiger partial charge in [-0.25, -0.2) is 8.78 Å². The summed E-state index contributed by atoms with van der Waals surface area (Å²) >= 11 is 0. The molecule has 2 heterocycles. The number of rotatable bonds is 5. The number of anilines is 1. The molecule has 0 aliphatic heterocycles. The number of halogens is 2. The van der Waals surface area contributed by atoms with Crippen molar-refractivity contribution < 1.29 is 26.0 Å². The fourth-order valence-corrected chi connectivity index (χ4v) is 3.50. The standard InChI is InChI=1S/C16H13F2N3O4S/c17-10-4-5-12(11(18)8-10)21-26(22,23)14-7-6-13(24-14)16-20-19-15(25-16)9-2-1-3-9/h4-9,21H,1-3H2. The first-order valence-electron chi connectivity index (χ1n) is 7.84. The molecule has 1 saturated carbocycles. The molecule has 0 unspecified atom stereocenters. The number of nitrogens with zero attached hydrogens (tertiary/aromatic N) is 2. The van der Waals surface area contributed by atoms with Gasteiger partial charge in [0, 0.05) is 12.0 Å². The van der Waals surface area contributed by atoms with Gasteiger partial charge in [-0.05, 0) is 37.1 Å². The van der Waals surface area contributed by atoms with Crippen molar-refractivity contribution in [2.75, 3.05) is 4.72 Å². The second-order valence-corrected chi connectivity index (χ2v) is 7.53. The van der Waals surface area contributed by atoms with Gasteiger partial charge in [-0.1, -0.05) is 6.42 Å². The topological polar surface area (TPSA) is 98.2 Å². The average Bonchev–Trinajstić information content (AvgIpc) is 3.17. The van der Waals surface area contributed by atoms with Gasteiger partial charge in [0.15, 0.2) is 5.76 Å². The summed E-state index contributed by atoms with van der Waals surface area (Å²) in [5.74, 6) is -0.966. The number of hydrogen-bond donors (Lipinski definition) is 1.